The minimum atomic E-state index is -0.991. The van der Waals surface area contributed by atoms with Crippen molar-refractivity contribution in [3.05, 3.63) is 89.5 Å². The van der Waals surface area contributed by atoms with E-state index in [1.807, 2.05) is 60.7 Å². The molecule has 1 amide bonds. The summed E-state index contributed by atoms with van der Waals surface area (Å²) >= 11 is 0. The third kappa shape index (κ3) is 6.52. The molecule has 3 atom stereocenters. The number of nitrogens with zero attached hydrogens (tertiary/aromatic N) is 1. The molecule has 1 fully saturated rings. The highest BCUT2D eigenvalue weighted by Gasteiger charge is 2.56. The first-order valence-corrected chi connectivity index (χ1v) is 12.9. The monoisotopic (exact) mass is 533 g/mol. The van der Waals surface area contributed by atoms with Crippen molar-refractivity contribution in [2.45, 2.75) is 44.6 Å². The maximum Gasteiger partial charge on any atom is 0.330 e. The minimum absolute atomic E-state index is 0.0511. The van der Waals surface area contributed by atoms with Crippen molar-refractivity contribution in [3.8, 4) is 17.2 Å². The third-order valence-corrected chi connectivity index (χ3v) is 7.13. The van der Waals surface area contributed by atoms with E-state index in [4.69, 9.17) is 18.9 Å². The Bertz CT molecular complexity index is 1190. The number of rotatable bonds is 12. The van der Waals surface area contributed by atoms with Crippen molar-refractivity contribution in [1.82, 2.24) is 4.90 Å². The van der Waals surface area contributed by atoms with Gasteiger partial charge in [0.05, 0.1) is 33.4 Å². The maximum atomic E-state index is 13.4. The summed E-state index contributed by atoms with van der Waals surface area (Å²) in [6, 6.07) is 21.3. The van der Waals surface area contributed by atoms with Crippen molar-refractivity contribution >= 4 is 11.9 Å². The molecule has 0 aromatic heterocycles. The highest BCUT2D eigenvalue weighted by molar-refractivity contribution is 5.98. The highest BCUT2D eigenvalue weighted by atomic mass is 16.5. The van der Waals surface area contributed by atoms with Crippen LogP contribution in [0.1, 0.15) is 23.6 Å². The van der Waals surface area contributed by atoms with Gasteiger partial charge in [0.1, 0.15) is 29.9 Å². The summed E-state index contributed by atoms with van der Waals surface area (Å²) < 4.78 is 21.4. The number of likely N-dealkylation sites (tertiary alicyclic amines) is 1. The molecule has 1 heterocycles. The van der Waals surface area contributed by atoms with Crippen LogP contribution in [-0.2, 0) is 33.8 Å². The summed E-state index contributed by atoms with van der Waals surface area (Å²) in [6.07, 6.45) is 0.0301. The normalized spacial score (nSPS) is 17.4. The van der Waals surface area contributed by atoms with E-state index in [-0.39, 0.29) is 18.6 Å². The Morgan fingerprint density at radius 3 is 1.56 bits per heavy atom. The van der Waals surface area contributed by atoms with Crippen LogP contribution < -0.4 is 14.2 Å². The van der Waals surface area contributed by atoms with Gasteiger partial charge in [0.15, 0.2) is 0 Å². The van der Waals surface area contributed by atoms with Gasteiger partial charge in [-0.1, -0.05) is 36.4 Å². The number of aliphatic hydroxyl groups excluding tert-OH is 1. The van der Waals surface area contributed by atoms with Gasteiger partial charge in [0, 0.05) is 6.04 Å². The molecule has 0 bridgehead atoms. The number of β-lactam (4-membered cyclic amide) rings is 1. The fraction of sp³-hybridized carbons (Fsp3) is 0.355. The standard InChI is InChI=1S/C31H35NO7/c1-20(33)28-29(31(35)39-19-23-9-15-27(38-4)16-10-23)32(30(28)34)24(17-21-5-11-25(36-2)12-6-21)18-22-7-13-26(37-3)14-8-22/h5-16,20,24,28-29,33H,17-19H2,1-4H3. The van der Waals surface area contributed by atoms with E-state index in [0.29, 0.717) is 18.6 Å². The summed E-state index contributed by atoms with van der Waals surface area (Å²) in [5, 5.41) is 10.4. The topological polar surface area (TPSA) is 94.5 Å². The number of aliphatic hydroxyl groups is 1. The summed E-state index contributed by atoms with van der Waals surface area (Å²) in [5.74, 6) is 0.519. The Hall–Kier alpha value is -4.04. The second-order valence-electron chi connectivity index (χ2n) is 9.67. The zero-order chi connectivity index (χ0) is 27.9. The van der Waals surface area contributed by atoms with Crippen molar-refractivity contribution in [1.29, 1.82) is 0 Å². The van der Waals surface area contributed by atoms with Crippen LogP contribution in [0.4, 0.5) is 0 Å². The SMILES string of the molecule is COc1ccc(COC(=O)C2C(C(C)O)C(=O)N2C(Cc2ccc(OC)cc2)Cc2ccc(OC)cc2)cc1. The van der Waals surface area contributed by atoms with Crippen LogP contribution in [0.3, 0.4) is 0 Å². The first-order chi connectivity index (χ1) is 18.8. The smallest absolute Gasteiger partial charge is 0.330 e. The third-order valence-electron chi connectivity index (χ3n) is 7.13. The number of hydrogen-bond acceptors (Lipinski definition) is 7. The van der Waals surface area contributed by atoms with Gasteiger partial charge in [-0.05, 0) is 72.9 Å². The largest absolute Gasteiger partial charge is 0.497 e. The van der Waals surface area contributed by atoms with Crippen molar-refractivity contribution in [2.24, 2.45) is 5.92 Å². The molecule has 1 N–H and O–H groups in total. The van der Waals surface area contributed by atoms with Gasteiger partial charge in [0.2, 0.25) is 5.91 Å². The number of methoxy groups -OCH3 is 3. The van der Waals surface area contributed by atoms with E-state index in [2.05, 4.69) is 0 Å². The van der Waals surface area contributed by atoms with Gasteiger partial charge in [-0.2, -0.15) is 0 Å². The zero-order valence-corrected chi connectivity index (χ0v) is 22.7. The second-order valence-corrected chi connectivity index (χ2v) is 9.67. The van der Waals surface area contributed by atoms with E-state index in [0.717, 1.165) is 28.2 Å². The molecule has 3 aromatic carbocycles. The molecule has 0 radical (unpaired) electrons. The zero-order valence-electron chi connectivity index (χ0n) is 22.7. The van der Waals surface area contributed by atoms with Crippen LogP contribution in [0.25, 0.3) is 0 Å². The predicted octanol–water partition coefficient (Wildman–Crippen LogP) is 3.82. The van der Waals surface area contributed by atoms with Crippen LogP contribution in [0.5, 0.6) is 17.2 Å². The van der Waals surface area contributed by atoms with Crippen LogP contribution in [0.2, 0.25) is 0 Å². The van der Waals surface area contributed by atoms with Crippen molar-refractivity contribution in [3.63, 3.8) is 0 Å². The molecule has 8 nitrogen and oxygen atoms in total. The lowest BCUT2D eigenvalue weighted by atomic mass is 9.80. The minimum Gasteiger partial charge on any atom is -0.497 e. The average molecular weight is 534 g/mol. The highest BCUT2D eigenvalue weighted by Crippen LogP contribution is 2.35. The molecule has 3 aromatic rings. The van der Waals surface area contributed by atoms with E-state index >= 15 is 0 Å². The number of ether oxygens (including phenoxy) is 4. The van der Waals surface area contributed by atoms with Crippen molar-refractivity contribution < 1.29 is 33.6 Å². The average Bonchev–Trinajstić information content (AvgIpc) is 2.95. The molecule has 1 saturated heterocycles. The summed E-state index contributed by atoms with van der Waals surface area (Å²) in [6.45, 7) is 1.58. The van der Waals surface area contributed by atoms with Gasteiger partial charge in [-0.25, -0.2) is 4.79 Å². The summed E-state index contributed by atoms with van der Waals surface area (Å²) in [4.78, 5) is 28.4. The lowest BCUT2D eigenvalue weighted by Gasteiger charge is -2.50. The fourth-order valence-electron chi connectivity index (χ4n) is 4.97. The molecular weight excluding hydrogens is 498 g/mol. The number of esters is 1. The second kappa shape index (κ2) is 12.7. The molecular formula is C31H35NO7. The van der Waals surface area contributed by atoms with Crippen LogP contribution in [0.15, 0.2) is 72.8 Å². The number of hydrogen-bond donors (Lipinski definition) is 1. The van der Waals surface area contributed by atoms with Gasteiger partial charge in [-0.15, -0.1) is 0 Å². The molecule has 3 unspecified atom stereocenters. The number of amides is 1. The predicted molar refractivity (Wildman–Crippen MR) is 146 cm³/mol. The summed E-state index contributed by atoms with van der Waals surface area (Å²) in [5.41, 5.74) is 2.78. The molecule has 206 valence electrons. The van der Waals surface area contributed by atoms with E-state index < -0.39 is 24.0 Å². The molecule has 1 aliphatic rings. The number of benzene rings is 3. The summed E-state index contributed by atoms with van der Waals surface area (Å²) in [7, 11) is 4.80. The number of carbonyl (C=O) groups excluding carboxylic acids is 2. The molecule has 39 heavy (non-hydrogen) atoms. The van der Waals surface area contributed by atoms with E-state index in [1.54, 1.807) is 38.4 Å². The Morgan fingerprint density at radius 1 is 0.769 bits per heavy atom. The van der Waals surface area contributed by atoms with Gasteiger partial charge in [-0.3, -0.25) is 4.79 Å². The first-order valence-electron chi connectivity index (χ1n) is 12.9. The molecule has 4 rings (SSSR count). The maximum absolute atomic E-state index is 13.4. The molecule has 0 saturated carbocycles. The van der Waals surface area contributed by atoms with Gasteiger partial charge < -0.3 is 29.0 Å². The lowest BCUT2D eigenvalue weighted by Crippen LogP contribution is -2.70. The molecule has 0 aliphatic carbocycles. The lowest BCUT2D eigenvalue weighted by molar-refractivity contribution is -0.185. The Labute approximate surface area is 229 Å². The quantitative estimate of drug-likeness (QED) is 0.279. The Morgan fingerprint density at radius 2 is 1.18 bits per heavy atom. The molecule has 1 aliphatic heterocycles. The Kier molecular flexibility index (Phi) is 9.09. The molecule has 0 spiro atoms. The van der Waals surface area contributed by atoms with Crippen molar-refractivity contribution in [2.75, 3.05) is 21.3 Å². The van der Waals surface area contributed by atoms with Crippen LogP contribution in [0, 0.1) is 5.92 Å². The number of carbonyl (C=O) groups is 2. The van der Waals surface area contributed by atoms with Crippen LogP contribution in [-0.4, -0.2) is 61.4 Å². The van der Waals surface area contributed by atoms with E-state index in [1.165, 1.54) is 6.92 Å². The van der Waals surface area contributed by atoms with Gasteiger partial charge in [0.25, 0.3) is 0 Å². The fourth-order valence-corrected chi connectivity index (χ4v) is 4.97. The first kappa shape index (κ1) is 28.0. The van der Waals surface area contributed by atoms with E-state index in [9.17, 15) is 14.7 Å². The van der Waals surface area contributed by atoms with Crippen LogP contribution >= 0.6 is 0 Å². The molecule has 8 heteroatoms. The Balaban J connectivity index is 1.58. The van der Waals surface area contributed by atoms with Gasteiger partial charge >= 0.3 is 5.97 Å².